The van der Waals surface area contributed by atoms with Gasteiger partial charge in [0.05, 0.1) is 12.2 Å². The molecule has 0 saturated heterocycles. The van der Waals surface area contributed by atoms with Crippen LogP contribution in [0, 0.1) is 29.1 Å². The van der Waals surface area contributed by atoms with Crippen molar-refractivity contribution in [2.45, 2.75) is 90.6 Å². The van der Waals surface area contributed by atoms with E-state index in [1.165, 1.54) is 51.4 Å². The van der Waals surface area contributed by atoms with Gasteiger partial charge in [0.15, 0.2) is 23.3 Å². The van der Waals surface area contributed by atoms with Gasteiger partial charge in [0.25, 0.3) is 0 Å². The molecule has 0 N–H and O–H groups in total. The van der Waals surface area contributed by atoms with E-state index in [2.05, 4.69) is 11.7 Å². The molecular weight excluding hydrogens is 475 g/mol. The normalized spacial score (nSPS) is 11.0. The van der Waals surface area contributed by atoms with Crippen LogP contribution in [-0.2, 0) is 30.4 Å². The van der Waals surface area contributed by atoms with E-state index in [1.807, 2.05) is 0 Å². The van der Waals surface area contributed by atoms with E-state index in [0.717, 1.165) is 19.3 Å². The molecule has 0 aliphatic rings. The Labute approximate surface area is 203 Å². The van der Waals surface area contributed by atoms with Gasteiger partial charge in [-0.1, -0.05) is 77.6 Å². The van der Waals surface area contributed by atoms with Gasteiger partial charge >= 0.3 is 11.9 Å². The van der Waals surface area contributed by atoms with Gasteiger partial charge in [0.1, 0.15) is 19.8 Å². The lowest BCUT2D eigenvalue weighted by Crippen LogP contribution is -2.19. The fraction of sp³-hybridized carbons (Fsp3) is 0.680. The topological polar surface area (TPSA) is 61.8 Å². The molecule has 0 heterocycles. The highest BCUT2D eigenvalue weighted by atomic mass is 19.2. The van der Waals surface area contributed by atoms with Crippen LogP contribution in [0.5, 0.6) is 0 Å². The summed E-state index contributed by atoms with van der Waals surface area (Å²) >= 11 is 0. The third-order valence-corrected chi connectivity index (χ3v) is 5.38. The molecule has 0 amide bonds. The second kappa shape index (κ2) is 18.1. The summed E-state index contributed by atoms with van der Waals surface area (Å²) < 4.78 is 80.5. The Morgan fingerprint density at radius 3 is 1.46 bits per heavy atom. The van der Waals surface area contributed by atoms with Crippen LogP contribution in [0.2, 0.25) is 0 Å². The van der Waals surface area contributed by atoms with Crippen LogP contribution < -0.4 is 0 Å². The lowest BCUT2D eigenvalue weighted by Gasteiger charge is -2.09. The molecule has 10 heteroatoms. The van der Waals surface area contributed by atoms with Crippen LogP contribution in [0.25, 0.3) is 0 Å². The number of hydrogen-bond acceptors (Lipinski definition) is 5. The summed E-state index contributed by atoms with van der Waals surface area (Å²) in [4.78, 5) is 23.1. The second-order valence-corrected chi connectivity index (χ2v) is 8.31. The number of rotatable bonds is 19. The van der Waals surface area contributed by atoms with E-state index < -0.39 is 66.4 Å². The molecule has 1 aromatic rings. The summed E-state index contributed by atoms with van der Waals surface area (Å²) in [5, 5.41) is 0. The molecule has 5 nitrogen and oxygen atoms in total. The number of esters is 2. The first-order valence-corrected chi connectivity index (χ1v) is 12.2. The quantitative estimate of drug-likeness (QED) is 0.0683. The number of hydrogen-bond donors (Lipinski definition) is 0. The number of halogens is 5. The van der Waals surface area contributed by atoms with E-state index in [9.17, 15) is 31.5 Å². The zero-order valence-corrected chi connectivity index (χ0v) is 20.2. The minimum atomic E-state index is -2.31. The van der Waals surface area contributed by atoms with Crippen molar-refractivity contribution < 1.29 is 45.8 Å². The smallest absolute Gasteiger partial charge is 0.332 e. The lowest BCUT2D eigenvalue weighted by molar-refractivity contribution is -0.156. The monoisotopic (exact) mass is 510 g/mol. The van der Waals surface area contributed by atoms with Gasteiger partial charge in [-0.3, -0.25) is 0 Å². The molecule has 0 bridgehead atoms. The van der Waals surface area contributed by atoms with Crippen LogP contribution >= 0.6 is 0 Å². The largest absolute Gasteiger partial charge is 0.464 e. The van der Waals surface area contributed by atoms with Gasteiger partial charge in [-0.2, -0.15) is 0 Å². The average molecular weight is 511 g/mol. The zero-order chi connectivity index (χ0) is 26.1. The van der Waals surface area contributed by atoms with E-state index >= 15 is 0 Å². The highest BCUT2D eigenvalue weighted by Crippen LogP contribution is 2.23. The molecule has 0 aromatic heterocycles. The Balaban J connectivity index is 2.05. The van der Waals surface area contributed by atoms with Crippen molar-refractivity contribution in [2.24, 2.45) is 0 Å². The Morgan fingerprint density at radius 2 is 0.971 bits per heavy atom. The third kappa shape index (κ3) is 12.3. The maximum atomic E-state index is 13.5. The molecule has 1 rings (SSSR count). The fourth-order valence-electron chi connectivity index (χ4n) is 3.36. The van der Waals surface area contributed by atoms with E-state index in [1.54, 1.807) is 0 Å². The molecule has 0 aliphatic carbocycles. The van der Waals surface area contributed by atoms with E-state index in [-0.39, 0.29) is 6.61 Å². The maximum Gasteiger partial charge on any atom is 0.332 e. The molecule has 0 aliphatic heterocycles. The standard InChI is InChI=1S/C25H35F5O5/c1-2-3-4-5-6-7-8-9-10-11-12-13-14-34-19(31)16-33-17-20(32)35-15-18-21(26)23(28)25(30)24(29)22(18)27/h2-17H2,1H3. The van der Waals surface area contributed by atoms with Gasteiger partial charge in [-0.05, 0) is 6.42 Å². The van der Waals surface area contributed by atoms with E-state index in [4.69, 9.17) is 9.47 Å². The number of carbonyl (C=O) groups excluding carboxylic acids is 2. The van der Waals surface area contributed by atoms with Gasteiger partial charge in [-0.25, -0.2) is 31.5 Å². The van der Waals surface area contributed by atoms with Crippen molar-refractivity contribution in [1.82, 2.24) is 0 Å². The van der Waals surface area contributed by atoms with Crippen molar-refractivity contribution in [3.8, 4) is 0 Å². The highest BCUT2D eigenvalue weighted by Gasteiger charge is 2.26. The Morgan fingerprint density at radius 1 is 0.571 bits per heavy atom. The van der Waals surface area contributed by atoms with Gasteiger partial charge in [-0.15, -0.1) is 0 Å². The number of carbonyl (C=O) groups is 2. The van der Waals surface area contributed by atoms with Crippen molar-refractivity contribution in [2.75, 3.05) is 19.8 Å². The van der Waals surface area contributed by atoms with Gasteiger partial charge in [0, 0.05) is 0 Å². The minimum Gasteiger partial charge on any atom is -0.464 e. The molecule has 1 aromatic carbocycles. The molecule has 200 valence electrons. The minimum absolute atomic E-state index is 0.227. The number of unbranched alkanes of at least 4 members (excludes halogenated alkanes) is 11. The summed E-state index contributed by atoms with van der Waals surface area (Å²) in [7, 11) is 0. The van der Waals surface area contributed by atoms with Crippen molar-refractivity contribution in [3.63, 3.8) is 0 Å². The highest BCUT2D eigenvalue weighted by molar-refractivity contribution is 5.73. The van der Waals surface area contributed by atoms with Crippen LogP contribution in [0.1, 0.15) is 89.5 Å². The summed E-state index contributed by atoms with van der Waals surface area (Å²) in [6.07, 6.45) is 14.2. The SMILES string of the molecule is CCCCCCCCCCCCCCOC(=O)COCC(=O)OCc1c(F)c(F)c(F)c(F)c1F. The molecule has 0 fully saturated rings. The molecule has 0 saturated carbocycles. The van der Waals surface area contributed by atoms with Gasteiger partial charge in [0.2, 0.25) is 5.82 Å². The van der Waals surface area contributed by atoms with Gasteiger partial charge < -0.3 is 14.2 Å². The van der Waals surface area contributed by atoms with Crippen molar-refractivity contribution in [3.05, 3.63) is 34.6 Å². The molecule has 0 radical (unpaired) electrons. The molecule has 0 atom stereocenters. The summed E-state index contributed by atoms with van der Waals surface area (Å²) in [5.41, 5.74) is -1.28. The first-order valence-electron chi connectivity index (χ1n) is 12.2. The maximum absolute atomic E-state index is 13.5. The third-order valence-electron chi connectivity index (χ3n) is 5.38. The first-order chi connectivity index (χ1) is 16.8. The number of ether oxygens (including phenoxy) is 3. The van der Waals surface area contributed by atoms with Crippen molar-refractivity contribution >= 4 is 11.9 Å². The summed E-state index contributed by atoms with van der Waals surface area (Å²) in [6, 6.07) is 0. The van der Waals surface area contributed by atoms with Crippen LogP contribution in [0.4, 0.5) is 22.0 Å². The predicted octanol–water partition coefficient (Wildman–Crippen LogP) is 6.69. The Bertz CT molecular complexity index is 759. The predicted molar refractivity (Wildman–Crippen MR) is 119 cm³/mol. The zero-order valence-electron chi connectivity index (χ0n) is 20.2. The average Bonchev–Trinajstić information content (AvgIpc) is 2.84. The van der Waals surface area contributed by atoms with Crippen LogP contribution in [0.15, 0.2) is 0 Å². The summed E-state index contributed by atoms with van der Waals surface area (Å²) in [6.45, 7) is -0.0541. The lowest BCUT2D eigenvalue weighted by atomic mass is 10.1. The first kappa shape index (κ1) is 30.8. The second-order valence-electron chi connectivity index (χ2n) is 8.31. The Kier molecular flexibility index (Phi) is 15.9. The summed E-state index contributed by atoms with van der Waals surface area (Å²) in [5.74, 6) is -12.6. The number of benzene rings is 1. The molecule has 35 heavy (non-hydrogen) atoms. The van der Waals surface area contributed by atoms with Crippen molar-refractivity contribution in [1.29, 1.82) is 0 Å². The van der Waals surface area contributed by atoms with E-state index in [0.29, 0.717) is 6.42 Å². The molecule has 0 unspecified atom stereocenters. The molecule has 0 spiro atoms. The Hall–Kier alpha value is -2.23. The van der Waals surface area contributed by atoms with Crippen LogP contribution in [-0.4, -0.2) is 31.8 Å². The molecular formula is C25H35F5O5. The fourth-order valence-corrected chi connectivity index (χ4v) is 3.36. The van der Waals surface area contributed by atoms with Crippen LogP contribution in [0.3, 0.4) is 0 Å².